The number of non-ortho nitro benzene ring substituents is 1. The molecule has 1 aromatic carbocycles. The second-order valence-corrected chi connectivity index (χ2v) is 4.48. The van der Waals surface area contributed by atoms with Crippen molar-refractivity contribution in [3.63, 3.8) is 0 Å². The van der Waals surface area contributed by atoms with Crippen molar-refractivity contribution in [1.29, 1.82) is 0 Å². The third-order valence-electron chi connectivity index (χ3n) is 3.13. The predicted octanol–water partition coefficient (Wildman–Crippen LogP) is 3.01. The smallest absolute Gasteiger partial charge is 0.270 e. The molecule has 0 aliphatic carbocycles. The summed E-state index contributed by atoms with van der Waals surface area (Å²) in [6, 6.07) is 6.59. The molecular formula is C13H16N4O2. The summed E-state index contributed by atoms with van der Waals surface area (Å²) in [5.41, 5.74) is 7.75. The van der Waals surface area contributed by atoms with Gasteiger partial charge in [0, 0.05) is 29.9 Å². The van der Waals surface area contributed by atoms with Gasteiger partial charge in [-0.25, -0.2) is 0 Å². The van der Waals surface area contributed by atoms with Gasteiger partial charge < -0.3 is 5.73 Å². The summed E-state index contributed by atoms with van der Waals surface area (Å²) in [6.45, 7) is 4.11. The highest BCUT2D eigenvalue weighted by atomic mass is 16.6. The van der Waals surface area contributed by atoms with E-state index in [0.29, 0.717) is 16.9 Å². The van der Waals surface area contributed by atoms with Gasteiger partial charge in [0.1, 0.15) is 5.69 Å². The minimum atomic E-state index is -0.425. The van der Waals surface area contributed by atoms with Gasteiger partial charge in [0.2, 0.25) is 0 Å². The molecule has 2 aromatic rings. The fraction of sp³-hybridized carbons (Fsp3) is 0.308. The standard InChI is InChI=1S/C13H16N4O2/c1-3-9(2)16-8-12(14)13(15-16)10-5-4-6-11(7-10)17(18)19/h4-9H,3,14H2,1-2H3. The number of hydrogen-bond donors (Lipinski definition) is 1. The molecule has 0 amide bonds. The molecule has 1 atom stereocenters. The molecule has 0 spiro atoms. The zero-order valence-electron chi connectivity index (χ0n) is 10.9. The van der Waals surface area contributed by atoms with Gasteiger partial charge >= 0.3 is 0 Å². The number of nitrogens with zero attached hydrogens (tertiary/aromatic N) is 3. The number of nitrogen functional groups attached to an aromatic ring is 1. The first-order valence-electron chi connectivity index (χ1n) is 6.12. The Hall–Kier alpha value is -2.37. The molecule has 6 nitrogen and oxygen atoms in total. The van der Waals surface area contributed by atoms with Crippen LogP contribution in [-0.4, -0.2) is 14.7 Å². The fourth-order valence-corrected chi connectivity index (χ4v) is 1.81. The molecule has 0 saturated heterocycles. The van der Waals surface area contributed by atoms with Crippen LogP contribution in [0.1, 0.15) is 26.3 Å². The molecule has 1 unspecified atom stereocenters. The molecule has 0 aliphatic heterocycles. The van der Waals surface area contributed by atoms with Crippen LogP contribution in [0.15, 0.2) is 30.5 Å². The average Bonchev–Trinajstić information content (AvgIpc) is 2.80. The Bertz CT molecular complexity index is 606. The van der Waals surface area contributed by atoms with Crippen LogP contribution in [0.5, 0.6) is 0 Å². The van der Waals surface area contributed by atoms with Gasteiger partial charge in [0.15, 0.2) is 0 Å². The van der Waals surface area contributed by atoms with E-state index in [1.807, 2.05) is 6.92 Å². The van der Waals surface area contributed by atoms with Crippen LogP contribution in [0.3, 0.4) is 0 Å². The van der Waals surface area contributed by atoms with E-state index in [1.165, 1.54) is 12.1 Å². The summed E-state index contributed by atoms with van der Waals surface area (Å²) in [4.78, 5) is 10.4. The summed E-state index contributed by atoms with van der Waals surface area (Å²) >= 11 is 0. The van der Waals surface area contributed by atoms with Crippen LogP contribution in [0.4, 0.5) is 11.4 Å². The number of rotatable bonds is 4. The maximum Gasteiger partial charge on any atom is 0.270 e. The predicted molar refractivity (Wildman–Crippen MR) is 73.7 cm³/mol. The molecule has 0 saturated carbocycles. The van der Waals surface area contributed by atoms with Gasteiger partial charge in [-0.05, 0) is 13.3 Å². The van der Waals surface area contributed by atoms with Crippen molar-refractivity contribution in [1.82, 2.24) is 9.78 Å². The van der Waals surface area contributed by atoms with E-state index in [1.54, 1.807) is 23.0 Å². The molecule has 100 valence electrons. The van der Waals surface area contributed by atoms with Gasteiger partial charge in [-0.15, -0.1) is 0 Å². The van der Waals surface area contributed by atoms with E-state index in [4.69, 9.17) is 5.73 Å². The van der Waals surface area contributed by atoms with Gasteiger partial charge in [-0.1, -0.05) is 19.1 Å². The zero-order valence-corrected chi connectivity index (χ0v) is 10.9. The SMILES string of the molecule is CCC(C)n1cc(N)c(-c2cccc([N+](=O)[O-])c2)n1. The maximum atomic E-state index is 10.8. The Morgan fingerprint density at radius 1 is 1.53 bits per heavy atom. The van der Waals surface area contributed by atoms with E-state index in [0.717, 1.165) is 6.42 Å². The normalized spacial score (nSPS) is 12.3. The van der Waals surface area contributed by atoms with Gasteiger partial charge in [-0.3, -0.25) is 14.8 Å². The molecule has 0 radical (unpaired) electrons. The van der Waals surface area contributed by atoms with Crippen molar-refractivity contribution in [3.05, 3.63) is 40.6 Å². The second kappa shape index (κ2) is 5.09. The van der Waals surface area contributed by atoms with Crippen LogP contribution in [0.2, 0.25) is 0 Å². The van der Waals surface area contributed by atoms with Crippen molar-refractivity contribution < 1.29 is 4.92 Å². The Balaban J connectivity index is 2.44. The largest absolute Gasteiger partial charge is 0.396 e. The Labute approximate surface area is 111 Å². The first-order valence-corrected chi connectivity index (χ1v) is 6.12. The molecule has 1 heterocycles. The number of nitrogens with two attached hydrogens (primary N) is 1. The number of hydrogen-bond acceptors (Lipinski definition) is 4. The number of nitro benzene ring substituents is 1. The molecule has 2 N–H and O–H groups in total. The minimum Gasteiger partial charge on any atom is -0.396 e. The first kappa shape index (κ1) is 13.1. The number of benzene rings is 1. The van der Waals surface area contributed by atoms with Gasteiger partial charge in [0.05, 0.1) is 10.6 Å². The molecule has 1 aromatic heterocycles. The average molecular weight is 260 g/mol. The lowest BCUT2D eigenvalue weighted by Gasteiger charge is -2.07. The molecule has 2 rings (SSSR count). The van der Waals surface area contributed by atoms with Crippen LogP contribution >= 0.6 is 0 Å². The lowest BCUT2D eigenvalue weighted by atomic mass is 10.1. The third kappa shape index (κ3) is 2.57. The summed E-state index contributed by atoms with van der Waals surface area (Å²) in [6.07, 6.45) is 2.71. The van der Waals surface area contributed by atoms with Gasteiger partial charge in [-0.2, -0.15) is 5.10 Å². The lowest BCUT2D eigenvalue weighted by Crippen LogP contribution is -2.04. The van der Waals surface area contributed by atoms with Crippen LogP contribution in [0, 0.1) is 10.1 Å². The van der Waals surface area contributed by atoms with Crippen molar-refractivity contribution in [2.24, 2.45) is 0 Å². The van der Waals surface area contributed by atoms with E-state index in [2.05, 4.69) is 12.0 Å². The monoisotopic (exact) mass is 260 g/mol. The molecule has 0 fully saturated rings. The van der Waals surface area contributed by atoms with Crippen molar-refractivity contribution in [2.75, 3.05) is 5.73 Å². The summed E-state index contributed by atoms with van der Waals surface area (Å²) in [7, 11) is 0. The molecule has 6 heteroatoms. The van der Waals surface area contributed by atoms with Crippen molar-refractivity contribution in [2.45, 2.75) is 26.3 Å². The summed E-state index contributed by atoms with van der Waals surface area (Å²) in [5, 5.41) is 15.2. The molecule has 0 bridgehead atoms. The molecular weight excluding hydrogens is 244 g/mol. The number of nitro groups is 1. The lowest BCUT2D eigenvalue weighted by molar-refractivity contribution is -0.384. The highest BCUT2D eigenvalue weighted by molar-refractivity contribution is 5.73. The zero-order chi connectivity index (χ0) is 14.0. The summed E-state index contributed by atoms with van der Waals surface area (Å²) < 4.78 is 1.80. The van der Waals surface area contributed by atoms with E-state index in [9.17, 15) is 10.1 Å². The van der Waals surface area contributed by atoms with E-state index < -0.39 is 4.92 Å². The maximum absolute atomic E-state index is 10.8. The van der Waals surface area contributed by atoms with E-state index >= 15 is 0 Å². The fourth-order valence-electron chi connectivity index (χ4n) is 1.81. The Morgan fingerprint density at radius 2 is 2.26 bits per heavy atom. The topological polar surface area (TPSA) is 87.0 Å². The van der Waals surface area contributed by atoms with Crippen molar-refractivity contribution >= 4 is 11.4 Å². The third-order valence-corrected chi connectivity index (χ3v) is 3.13. The summed E-state index contributed by atoms with van der Waals surface area (Å²) in [5.74, 6) is 0. The Kier molecular flexibility index (Phi) is 3.50. The highest BCUT2D eigenvalue weighted by Crippen LogP contribution is 2.28. The molecule has 19 heavy (non-hydrogen) atoms. The van der Waals surface area contributed by atoms with Crippen LogP contribution in [0.25, 0.3) is 11.3 Å². The molecule has 0 aliphatic rings. The van der Waals surface area contributed by atoms with Crippen LogP contribution in [-0.2, 0) is 0 Å². The van der Waals surface area contributed by atoms with Gasteiger partial charge in [0.25, 0.3) is 5.69 Å². The highest BCUT2D eigenvalue weighted by Gasteiger charge is 2.14. The van der Waals surface area contributed by atoms with Crippen LogP contribution < -0.4 is 5.73 Å². The minimum absolute atomic E-state index is 0.0370. The second-order valence-electron chi connectivity index (χ2n) is 4.48. The Morgan fingerprint density at radius 3 is 2.89 bits per heavy atom. The number of aromatic nitrogens is 2. The van der Waals surface area contributed by atoms with Crippen molar-refractivity contribution in [3.8, 4) is 11.3 Å². The van der Waals surface area contributed by atoms with E-state index in [-0.39, 0.29) is 11.7 Å². The first-order chi connectivity index (χ1) is 9.02. The quantitative estimate of drug-likeness (QED) is 0.676. The number of anilines is 1.